The molecule has 0 bridgehead atoms. The van der Waals surface area contributed by atoms with E-state index in [0.717, 1.165) is 80.2 Å². The van der Waals surface area contributed by atoms with Gasteiger partial charge in [0, 0.05) is 70.0 Å². The van der Waals surface area contributed by atoms with Crippen molar-refractivity contribution < 1.29 is 14.3 Å². The monoisotopic (exact) mass is 580 g/mol. The Hall–Kier alpha value is -3.81. The Kier molecular flexibility index (Phi) is 9.00. The van der Waals surface area contributed by atoms with E-state index in [9.17, 15) is 4.79 Å². The molecule has 3 aromatic carbocycles. The smallest absolute Gasteiger partial charge is 0.224 e. The summed E-state index contributed by atoms with van der Waals surface area (Å²) in [6, 6.07) is 25.6. The number of likely N-dealkylation sites (N-methyl/N-ethyl adjacent to an activating group) is 1. The number of amides is 1. The second-order valence-electron chi connectivity index (χ2n) is 12.1. The van der Waals surface area contributed by atoms with Crippen LogP contribution in [0, 0.1) is 0 Å². The summed E-state index contributed by atoms with van der Waals surface area (Å²) in [5.41, 5.74) is 13.7. The fourth-order valence-electron chi connectivity index (χ4n) is 6.73. The molecule has 2 aliphatic rings. The van der Waals surface area contributed by atoms with Crippen molar-refractivity contribution in [3.05, 3.63) is 84.1 Å². The highest BCUT2D eigenvalue weighted by Gasteiger charge is 2.28. The highest BCUT2D eigenvalue weighted by atomic mass is 16.5. The molecule has 2 aliphatic heterocycles. The topological polar surface area (TPSA) is 73.0 Å². The van der Waals surface area contributed by atoms with Crippen molar-refractivity contribution in [2.24, 2.45) is 5.73 Å². The van der Waals surface area contributed by atoms with Gasteiger partial charge in [0.1, 0.15) is 12.4 Å². The molecule has 2 unspecified atom stereocenters. The van der Waals surface area contributed by atoms with Crippen LogP contribution < -0.4 is 15.4 Å². The first kappa shape index (κ1) is 29.3. The van der Waals surface area contributed by atoms with Crippen molar-refractivity contribution in [1.82, 2.24) is 9.47 Å². The summed E-state index contributed by atoms with van der Waals surface area (Å²) < 4.78 is 13.7. The average Bonchev–Trinajstić information content (AvgIpc) is 3.40. The molecular formula is C36H44N4O3. The molecule has 1 saturated heterocycles. The van der Waals surface area contributed by atoms with Gasteiger partial charge in [-0.3, -0.25) is 4.79 Å². The lowest BCUT2D eigenvalue weighted by molar-refractivity contribution is -0.132. The Morgan fingerprint density at radius 1 is 1.05 bits per heavy atom. The minimum absolute atomic E-state index is 0.162. The van der Waals surface area contributed by atoms with Crippen LogP contribution in [0.1, 0.15) is 42.9 Å². The molecule has 0 spiro atoms. The van der Waals surface area contributed by atoms with Gasteiger partial charge in [0.05, 0.1) is 12.2 Å². The average molecular weight is 581 g/mol. The lowest BCUT2D eigenvalue weighted by Crippen LogP contribution is -2.42. The largest absolute Gasteiger partial charge is 0.490 e. The van der Waals surface area contributed by atoms with E-state index < -0.39 is 0 Å². The SMILES string of the molecule is COCCCn1c(C2CCCN(C(=O)CC(N)Cc3ccc(-c4ccc5c(c4)OCCN5C)cc3)C2)cc2ccccc21. The lowest BCUT2D eigenvalue weighted by Gasteiger charge is -2.34. The number of para-hydroxylation sites is 1. The van der Waals surface area contributed by atoms with Gasteiger partial charge < -0.3 is 29.6 Å². The van der Waals surface area contributed by atoms with Crippen LogP contribution in [0.15, 0.2) is 72.8 Å². The Bertz CT molecular complexity index is 1550. The molecule has 0 radical (unpaired) electrons. The standard InChI is InChI=1S/C36H44N4O3/c1-38-18-20-43-35-23-28(14-15-33(35)38)27-12-10-26(11-13-27)21-31(37)24-36(41)39-16-5-8-30(25-39)34-22-29-7-3-4-9-32(29)40(34)17-6-19-42-2/h3-4,7,9-15,22-23,30-31H,5-6,8,16-21,24-25,37H2,1-2H3. The second-order valence-corrected chi connectivity index (χ2v) is 12.1. The van der Waals surface area contributed by atoms with E-state index in [2.05, 4.69) is 89.3 Å². The molecule has 0 aliphatic carbocycles. The predicted octanol–water partition coefficient (Wildman–Crippen LogP) is 5.84. The molecule has 1 fully saturated rings. The van der Waals surface area contributed by atoms with Crippen LogP contribution in [0.4, 0.5) is 5.69 Å². The number of hydrogen-bond acceptors (Lipinski definition) is 5. The van der Waals surface area contributed by atoms with Gasteiger partial charge in [0.15, 0.2) is 0 Å². The Labute approximate surface area is 255 Å². The van der Waals surface area contributed by atoms with Crippen LogP contribution in [-0.2, 0) is 22.5 Å². The first-order valence-corrected chi connectivity index (χ1v) is 15.7. The number of hydrogen-bond donors (Lipinski definition) is 1. The van der Waals surface area contributed by atoms with Gasteiger partial charge in [-0.25, -0.2) is 0 Å². The van der Waals surface area contributed by atoms with E-state index in [1.54, 1.807) is 7.11 Å². The molecule has 226 valence electrons. The van der Waals surface area contributed by atoms with Gasteiger partial charge in [-0.05, 0) is 72.0 Å². The summed E-state index contributed by atoms with van der Waals surface area (Å²) >= 11 is 0. The van der Waals surface area contributed by atoms with Gasteiger partial charge >= 0.3 is 0 Å². The van der Waals surface area contributed by atoms with E-state index in [1.807, 2.05) is 4.90 Å². The zero-order chi connectivity index (χ0) is 29.8. The van der Waals surface area contributed by atoms with Gasteiger partial charge in [0.2, 0.25) is 5.91 Å². The first-order valence-electron chi connectivity index (χ1n) is 15.7. The number of likely N-dealkylation sites (tertiary alicyclic amines) is 1. The minimum atomic E-state index is -0.216. The van der Waals surface area contributed by atoms with E-state index in [1.165, 1.54) is 16.6 Å². The number of piperidine rings is 1. The van der Waals surface area contributed by atoms with E-state index in [4.69, 9.17) is 15.2 Å². The van der Waals surface area contributed by atoms with Crippen LogP contribution in [0.25, 0.3) is 22.0 Å². The highest BCUT2D eigenvalue weighted by Crippen LogP contribution is 2.35. The summed E-state index contributed by atoms with van der Waals surface area (Å²) in [6.45, 7) is 4.83. The molecule has 6 rings (SSSR count). The summed E-state index contributed by atoms with van der Waals surface area (Å²) in [6.07, 6.45) is 4.11. The van der Waals surface area contributed by atoms with Gasteiger partial charge in [-0.2, -0.15) is 0 Å². The number of rotatable bonds is 10. The van der Waals surface area contributed by atoms with Crippen LogP contribution in [0.5, 0.6) is 5.75 Å². The minimum Gasteiger partial charge on any atom is -0.490 e. The lowest BCUT2D eigenvalue weighted by atomic mass is 9.93. The Morgan fingerprint density at radius 3 is 2.70 bits per heavy atom. The fourth-order valence-corrected chi connectivity index (χ4v) is 6.73. The number of anilines is 1. The maximum Gasteiger partial charge on any atom is 0.224 e. The van der Waals surface area contributed by atoms with Crippen molar-refractivity contribution in [1.29, 1.82) is 0 Å². The van der Waals surface area contributed by atoms with Crippen LogP contribution in [0.2, 0.25) is 0 Å². The number of carbonyl (C=O) groups is 1. The third-order valence-electron chi connectivity index (χ3n) is 9.04. The molecule has 7 heteroatoms. The molecule has 3 heterocycles. The number of benzene rings is 3. The maximum absolute atomic E-state index is 13.4. The van der Waals surface area contributed by atoms with Crippen molar-refractivity contribution in [3.8, 4) is 16.9 Å². The molecule has 2 N–H and O–H groups in total. The maximum atomic E-state index is 13.4. The number of carbonyl (C=O) groups excluding carboxylic acids is 1. The number of aromatic nitrogens is 1. The van der Waals surface area contributed by atoms with Gasteiger partial charge in [0.25, 0.3) is 0 Å². The van der Waals surface area contributed by atoms with Crippen molar-refractivity contribution in [3.63, 3.8) is 0 Å². The highest BCUT2D eigenvalue weighted by molar-refractivity contribution is 5.82. The Balaban J connectivity index is 1.07. The third kappa shape index (κ3) is 6.58. The summed E-state index contributed by atoms with van der Waals surface area (Å²) in [5.74, 6) is 1.42. The second kappa shape index (κ2) is 13.2. The summed E-state index contributed by atoms with van der Waals surface area (Å²) in [7, 11) is 3.85. The van der Waals surface area contributed by atoms with Gasteiger partial charge in [-0.1, -0.05) is 48.5 Å². The van der Waals surface area contributed by atoms with E-state index in [-0.39, 0.29) is 11.9 Å². The van der Waals surface area contributed by atoms with Crippen molar-refractivity contribution in [2.45, 2.75) is 50.6 Å². The fraction of sp³-hybridized carbons (Fsp3) is 0.417. The molecule has 0 saturated carbocycles. The van der Waals surface area contributed by atoms with Crippen LogP contribution >= 0.6 is 0 Å². The Morgan fingerprint density at radius 2 is 1.86 bits per heavy atom. The van der Waals surface area contributed by atoms with E-state index in [0.29, 0.717) is 25.4 Å². The number of nitrogens with two attached hydrogens (primary N) is 1. The number of aryl methyl sites for hydroxylation is 1. The van der Waals surface area contributed by atoms with Crippen LogP contribution in [0.3, 0.4) is 0 Å². The zero-order valence-corrected chi connectivity index (χ0v) is 25.5. The predicted molar refractivity (Wildman–Crippen MR) is 174 cm³/mol. The van der Waals surface area contributed by atoms with Gasteiger partial charge in [-0.15, -0.1) is 0 Å². The van der Waals surface area contributed by atoms with Crippen LogP contribution in [-0.4, -0.2) is 68.4 Å². The van der Waals surface area contributed by atoms with E-state index >= 15 is 0 Å². The summed E-state index contributed by atoms with van der Waals surface area (Å²) in [4.78, 5) is 17.7. The number of methoxy groups -OCH3 is 1. The molecule has 1 amide bonds. The zero-order valence-electron chi connectivity index (χ0n) is 25.5. The molecule has 7 nitrogen and oxygen atoms in total. The molecule has 43 heavy (non-hydrogen) atoms. The van der Waals surface area contributed by atoms with Crippen molar-refractivity contribution in [2.75, 3.05) is 51.9 Å². The quantitative estimate of drug-likeness (QED) is 0.239. The number of ether oxygens (including phenoxy) is 2. The summed E-state index contributed by atoms with van der Waals surface area (Å²) in [5, 5.41) is 1.26. The number of nitrogens with zero attached hydrogens (tertiary/aromatic N) is 3. The molecule has 4 aromatic rings. The number of fused-ring (bicyclic) bond motifs is 2. The van der Waals surface area contributed by atoms with Crippen molar-refractivity contribution >= 4 is 22.5 Å². The molecule has 2 atom stereocenters. The third-order valence-corrected chi connectivity index (χ3v) is 9.04. The first-order chi connectivity index (χ1) is 21.0. The normalized spacial score (nSPS) is 17.5. The molecular weight excluding hydrogens is 536 g/mol. The molecule has 1 aromatic heterocycles.